The SMILES string of the molecule is Cn1c(C(=O)O)cc2[nH]cnc21. The second-order valence-corrected chi connectivity index (χ2v) is 2.53. The molecular weight excluding hydrogens is 158 g/mol. The third kappa shape index (κ3) is 0.730. The Labute approximate surface area is 67.6 Å². The summed E-state index contributed by atoms with van der Waals surface area (Å²) in [5, 5.41) is 8.72. The van der Waals surface area contributed by atoms with Gasteiger partial charge in [0.25, 0.3) is 0 Å². The van der Waals surface area contributed by atoms with Crippen LogP contribution in [0.4, 0.5) is 0 Å². The summed E-state index contributed by atoms with van der Waals surface area (Å²) in [4.78, 5) is 17.4. The van der Waals surface area contributed by atoms with E-state index in [9.17, 15) is 4.79 Å². The lowest BCUT2D eigenvalue weighted by molar-refractivity contribution is 0.0687. The van der Waals surface area contributed by atoms with E-state index < -0.39 is 5.97 Å². The molecule has 5 nitrogen and oxygen atoms in total. The van der Waals surface area contributed by atoms with E-state index in [1.165, 1.54) is 10.9 Å². The molecule has 0 saturated heterocycles. The molecular formula is C7H7N3O2. The summed E-state index contributed by atoms with van der Waals surface area (Å²) < 4.78 is 1.54. The molecule has 5 heteroatoms. The van der Waals surface area contributed by atoms with Crippen LogP contribution < -0.4 is 0 Å². The number of nitrogens with one attached hydrogen (secondary N) is 1. The number of hydrogen-bond donors (Lipinski definition) is 2. The molecule has 0 radical (unpaired) electrons. The van der Waals surface area contributed by atoms with E-state index in [1.54, 1.807) is 13.1 Å². The maximum absolute atomic E-state index is 10.6. The van der Waals surface area contributed by atoms with Crippen LogP contribution in [0.15, 0.2) is 12.4 Å². The topological polar surface area (TPSA) is 70.9 Å². The molecule has 0 unspecified atom stereocenters. The summed E-state index contributed by atoms with van der Waals surface area (Å²) in [6.07, 6.45) is 1.54. The predicted octanol–water partition coefficient (Wildman–Crippen LogP) is 0.600. The molecule has 2 aromatic heterocycles. The lowest BCUT2D eigenvalue weighted by atomic mass is 10.4. The van der Waals surface area contributed by atoms with Gasteiger partial charge in [-0.15, -0.1) is 0 Å². The highest BCUT2D eigenvalue weighted by Crippen LogP contribution is 2.13. The van der Waals surface area contributed by atoms with E-state index in [2.05, 4.69) is 9.97 Å². The van der Waals surface area contributed by atoms with Gasteiger partial charge in [-0.3, -0.25) is 0 Å². The van der Waals surface area contributed by atoms with Crippen LogP contribution in [0.2, 0.25) is 0 Å². The van der Waals surface area contributed by atoms with Gasteiger partial charge in [-0.25, -0.2) is 9.78 Å². The molecule has 0 aliphatic heterocycles. The molecule has 0 amide bonds. The molecule has 0 aromatic carbocycles. The lowest BCUT2D eigenvalue weighted by Gasteiger charge is -1.94. The van der Waals surface area contributed by atoms with Gasteiger partial charge in [-0.2, -0.15) is 0 Å². The Morgan fingerprint density at radius 1 is 1.75 bits per heavy atom. The lowest BCUT2D eigenvalue weighted by Crippen LogP contribution is -2.03. The summed E-state index contributed by atoms with van der Waals surface area (Å²) >= 11 is 0. The fourth-order valence-electron chi connectivity index (χ4n) is 1.22. The first-order valence-corrected chi connectivity index (χ1v) is 3.42. The third-order valence-corrected chi connectivity index (χ3v) is 1.83. The first-order valence-electron chi connectivity index (χ1n) is 3.42. The van der Waals surface area contributed by atoms with Crippen molar-refractivity contribution in [3.63, 3.8) is 0 Å². The van der Waals surface area contributed by atoms with Crippen molar-refractivity contribution in [3.05, 3.63) is 18.1 Å². The molecule has 0 spiro atoms. The Kier molecular flexibility index (Phi) is 1.21. The van der Waals surface area contributed by atoms with E-state index in [0.717, 1.165) is 5.52 Å². The number of carboxylic acids is 1. The molecule has 0 fully saturated rings. The molecule has 0 atom stereocenters. The molecule has 12 heavy (non-hydrogen) atoms. The fraction of sp³-hybridized carbons (Fsp3) is 0.143. The maximum Gasteiger partial charge on any atom is 0.352 e. The normalized spacial score (nSPS) is 10.8. The number of rotatable bonds is 1. The van der Waals surface area contributed by atoms with Crippen LogP contribution in [0.3, 0.4) is 0 Å². The monoisotopic (exact) mass is 165 g/mol. The predicted molar refractivity (Wildman–Crippen MR) is 42.0 cm³/mol. The summed E-state index contributed by atoms with van der Waals surface area (Å²) in [6.45, 7) is 0. The smallest absolute Gasteiger partial charge is 0.352 e. The van der Waals surface area contributed by atoms with E-state index >= 15 is 0 Å². The Bertz CT molecular complexity index is 440. The van der Waals surface area contributed by atoms with Gasteiger partial charge >= 0.3 is 5.97 Å². The van der Waals surface area contributed by atoms with E-state index in [4.69, 9.17) is 5.11 Å². The summed E-state index contributed by atoms with van der Waals surface area (Å²) in [7, 11) is 1.67. The molecule has 2 N–H and O–H groups in total. The highest BCUT2D eigenvalue weighted by atomic mass is 16.4. The summed E-state index contributed by atoms with van der Waals surface area (Å²) in [6, 6.07) is 1.56. The minimum absolute atomic E-state index is 0.240. The van der Waals surface area contributed by atoms with Crippen LogP contribution in [0, 0.1) is 0 Å². The number of aromatic nitrogens is 3. The van der Waals surface area contributed by atoms with E-state index in [-0.39, 0.29) is 5.69 Å². The van der Waals surface area contributed by atoms with Crippen LogP contribution in [0.1, 0.15) is 10.5 Å². The summed E-state index contributed by atoms with van der Waals surface area (Å²) in [5.41, 5.74) is 1.65. The Hall–Kier alpha value is -1.78. The van der Waals surface area contributed by atoms with Crippen molar-refractivity contribution in [2.75, 3.05) is 0 Å². The van der Waals surface area contributed by atoms with Gasteiger partial charge < -0.3 is 14.7 Å². The number of imidazole rings is 1. The van der Waals surface area contributed by atoms with Crippen LogP contribution in [0.5, 0.6) is 0 Å². The van der Waals surface area contributed by atoms with E-state index in [0.29, 0.717) is 5.65 Å². The first kappa shape index (κ1) is 6.90. The Morgan fingerprint density at radius 3 is 3.08 bits per heavy atom. The van der Waals surface area contributed by atoms with Crippen molar-refractivity contribution < 1.29 is 9.90 Å². The zero-order valence-electron chi connectivity index (χ0n) is 6.40. The van der Waals surface area contributed by atoms with Crippen LogP contribution in [-0.2, 0) is 7.05 Å². The minimum atomic E-state index is -0.941. The van der Waals surface area contributed by atoms with Gasteiger partial charge in [0, 0.05) is 7.05 Å². The fourth-order valence-corrected chi connectivity index (χ4v) is 1.22. The van der Waals surface area contributed by atoms with Crippen LogP contribution >= 0.6 is 0 Å². The molecule has 0 bridgehead atoms. The van der Waals surface area contributed by atoms with Gasteiger partial charge in [0.05, 0.1) is 11.8 Å². The van der Waals surface area contributed by atoms with Crippen molar-refractivity contribution >= 4 is 17.1 Å². The largest absolute Gasteiger partial charge is 0.477 e. The standard InChI is InChI=1S/C7H7N3O2/c1-10-5(7(11)12)2-4-6(10)9-3-8-4/h2-3H,1H3,(H,8,9)(H,11,12). The maximum atomic E-state index is 10.6. The average molecular weight is 165 g/mol. The second-order valence-electron chi connectivity index (χ2n) is 2.53. The van der Waals surface area contributed by atoms with Gasteiger partial charge in [0.15, 0.2) is 5.65 Å². The van der Waals surface area contributed by atoms with Crippen molar-refractivity contribution in [3.8, 4) is 0 Å². The Balaban J connectivity index is 2.78. The number of aromatic carboxylic acids is 1. The zero-order valence-corrected chi connectivity index (χ0v) is 6.40. The van der Waals surface area contributed by atoms with Gasteiger partial charge in [-0.1, -0.05) is 0 Å². The molecule has 0 aliphatic carbocycles. The number of aromatic amines is 1. The second kappa shape index (κ2) is 2.10. The molecule has 2 aromatic rings. The number of carboxylic acid groups (broad SMARTS) is 1. The van der Waals surface area contributed by atoms with Crippen LogP contribution in [-0.4, -0.2) is 25.6 Å². The molecule has 62 valence electrons. The van der Waals surface area contributed by atoms with Crippen molar-refractivity contribution in [2.24, 2.45) is 7.05 Å². The van der Waals surface area contributed by atoms with Gasteiger partial charge in [0.1, 0.15) is 5.69 Å². The average Bonchev–Trinajstić information content (AvgIpc) is 2.53. The molecule has 0 aliphatic rings. The number of H-pyrrole nitrogens is 1. The van der Waals surface area contributed by atoms with Gasteiger partial charge in [-0.05, 0) is 6.07 Å². The summed E-state index contributed by atoms with van der Waals surface area (Å²) in [5.74, 6) is -0.941. The van der Waals surface area contributed by atoms with E-state index in [1.807, 2.05) is 0 Å². The number of fused-ring (bicyclic) bond motifs is 1. The number of nitrogens with zero attached hydrogens (tertiary/aromatic N) is 2. The highest BCUT2D eigenvalue weighted by molar-refractivity contribution is 5.92. The molecule has 2 heterocycles. The third-order valence-electron chi connectivity index (χ3n) is 1.83. The van der Waals surface area contributed by atoms with Crippen LogP contribution in [0.25, 0.3) is 11.2 Å². The zero-order chi connectivity index (χ0) is 8.72. The number of hydrogen-bond acceptors (Lipinski definition) is 2. The Morgan fingerprint density at radius 2 is 2.50 bits per heavy atom. The number of aryl methyl sites for hydroxylation is 1. The quantitative estimate of drug-likeness (QED) is 0.650. The number of carbonyl (C=O) groups is 1. The first-order chi connectivity index (χ1) is 5.70. The molecule has 0 saturated carbocycles. The van der Waals surface area contributed by atoms with Crippen molar-refractivity contribution in [1.82, 2.24) is 14.5 Å². The van der Waals surface area contributed by atoms with Gasteiger partial charge in [0.2, 0.25) is 0 Å². The van der Waals surface area contributed by atoms with Crippen molar-refractivity contribution in [1.29, 1.82) is 0 Å². The van der Waals surface area contributed by atoms with Crippen molar-refractivity contribution in [2.45, 2.75) is 0 Å². The minimum Gasteiger partial charge on any atom is -0.477 e. The molecule has 2 rings (SSSR count). The highest BCUT2D eigenvalue weighted by Gasteiger charge is 2.12.